The van der Waals surface area contributed by atoms with Gasteiger partial charge < -0.3 is 15.7 Å². The zero-order valence-electron chi connectivity index (χ0n) is 11.9. The molecule has 3 N–H and O–H groups in total. The summed E-state index contributed by atoms with van der Waals surface area (Å²) < 4.78 is 0. The summed E-state index contributed by atoms with van der Waals surface area (Å²) in [5.74, 6) is 0.0456. The van der Waals surface area contributed by atoms with Crippen molar-refractivity contribution in [3.05, 3.63) is 35.4 Å². The molecule has 0 aromatic heterocycles. The number of hydrogen-bond acceptors (Lipinski definition) is 3. The van der Waals surface area contributed by atoms with Crippen LogP contribution in [0.15, 0.2) is 24.3 Å². The molecule has 0 aliphatic carbocycles. The summed E-state index contributed by atoms with van der Waals surface area (Å²) in [7, 11) is 0. The third-order valence-electron chi connectivity index (χ3n) is 3.80. The molecule has 0 bridgehead atoms. The first-order valence-electron chi connectivity index (χ1n) is 7.50. The smallest absolute Gasteiger partial charge is 0.228 e. The Hall–Kier alpha value is -1.39. The molecule has 1 amide bonds. The Morgan fingerprint density at radius 3 is 2.90 bits per heavy atom. The molecule has 0 fully saturated rings. The molecule has 1 aromatic rings. The topological polar surface area (TPSA) is 61.4 Å². The number of aliphatic hydroxyl groups is 1. The Morgan fingerprint density at radius 2 is 2.05 bits per heavy atom. The van der Waals surface area contributed by atoms with Crippen molar-refractivity contribution in [1.82, 2.24) is 10.6 Å². The molecule has 4 heteroatoms. The Morgan fingerprint density at radius 1 is 1.25 bits per heavy atom. The largest absolute Gasteiger partial charge is 0.396 e. The predicted octanol–water partition coefficient (Wildman–Crippen LogP) is 1.54. The van der Waals surface area contributed by atoms with Crippen LogP contribution in [0.2, 0.25) is 0 Å². The summed E-state index contributed by atoms with van der Waals surface area (Å²) in [6.45, 7) is 2.55. The van der Waals surface area contributed by atoms with Crippen LogP contribution in [0.4, 0.5) is 0 Å². The molecule has 1 heterocycles. The fourth-order valence-electron chi connectivity index (χ4n) is 2.66. The lowest BCUT2D eigenvalue weighted by Crippen LogP contribution is -2.39. The third-order valence-corrected chi connectivity index (χ3v) is 3.80. The highest BCUT2D eigenvalue weighted by molar-refractivity contribution is 5.84. The Kier molecular flexibility index (Phi) is 6.02. The second kappa shape index (κ2) is 8.02. The van der Waals surface area contributed by atoms with Crippen molar-refractivity contribution in [3.8, 4) is 0 Å². The molecule has 1 atom stereocenters. The van der Waals surface area contributed by atoms with Crippen molar-refractivity contribution in [3.63, 3.8) is 0 Å². The predicted molar refractivity (Wildman–Crippen MR) is 79.5 cm³/mol. The highest BCUT2D eigenvalue weighted by atomic mass is 16.2. The SMILES string of the molecule is O=C(NCCCCCCO)C1CNCc2ccccc21. The van der Waals surface area contributed by atoms with Crippen LogP contribution in [0.5, 0.6) is 0 Å². The minimum atomic E-state index is -0.0719. The number of rotatable bonds is 7. The molecule has 2 rings (SSSR count). The van der Waals surface area contributed by atoms with Crippen LogP contribution in [0.3, 0.4) is 0 Å². The van der Waals surface area contributed by atoms with Crippen LogP contribution in [0.1, 0.15) is 42.7 Å². The van der Waals surface area contributed by atoms with Crippen LogP contribution in [0, 0.1) is 0 Å². The van der Waals surface area contributed by atoms with Gasteiger partial charge in [-0.25, -0.2) is 0 Å². The van der Waals surface area contributed by atoms with Crippen molar-refractivity contribution < 1.29 is 9.90 Å². The molecule has 0 saturated heterocycles. The highest BCUT2D eigenvalue weighted by Gasteiger charge is 2.25. The second-order valence-electron chi connectivity index (χ2n) is 5.31. The van der Waals surface area contributed by atoms with E-state index in [-0.39, 0.29) is 18.4 Å². The summed E-state index contributed by atoms with van der Waals surface area (Å²) >= 11 is 0. The van der Waals surface area contributed by atoms with Crippen molar-refractivity contribution in [2.24, 2.45) is 0 Å². The lowest BCUT2D eigenvalue weighted by Gasteiger charge is -2.25. The summed E-state index contributed by atoms with van der Waals surface area (Å²) in [6.07, 6.45) is 3.92. The quantitative estimate of drug-likeness (QED) is 0.662. The van der Waals surface area contributed by atoms with Gasteiger partial charge in [0.05, 0.1) is 5.92 Å². The molecule has 1 aliphatic rings. The average Bonchev–Trinajstić information content (AvgIpc) is 2.50. The van der Waals surface area contributed by atoms with E-state index in [1.807, 2.05) is 12.1 Å². The maximum absolute atomic E-state index is 12.3. The number of unbranched alkanes of at least 4 members (excludes halogenated alkanes) is 3. The number of carbonyl (C=O) groups excluding carboxylic acids is 1. The molecule has 0 spiro atoms. The van der Waals surface area contributed by atoms with E-state index in [1.165, 1.54) is 5.56 Å². The first-order chi connectivity index (χ1) is 9.83. The van der Waals surface area contributed by atoms with Crippen molar-refractivity contribution in [2.45, 2.75) is 38.1 Å². The number of amides is 1. The van der Waals surface area contributed by atoms with Crippen LogP contribution in [-0.2, 0) is 11.3 Å². The molecule has 0 saturated carbocycles. The molecular weight excluding hydrogens is 252 g/mol. The fourth-order valence-corrected chi connectivity index (χ4v) is 2.66. The van der Waals surface area contributed by atoms with E-state index >= 15 is 0 Å². The lowest BCUT2D eigenvalue weighted by atomic mass is 9.90. The summed E-state index contributed by atoms with van der Waals surface area (Å²) in [5, 5.41) is 15.0. The standard InChI is InChI=1S/C16H24N2O2/c19-10-6-2-1-5-9-18-16(20)15-12-17-11-13-7-3-4-8-14(13)15/h3-4,7-8,15,17,19H,1-2,5-6,9-12H2,(H,18,20). The van der Waals surface area contributed by atoms with Gasteiger partial charge in [0.2, 0.25) is 5.91 Å². The van der Waals surface area contributed by atoms with E-state index in [2.05, 4.69) is 22.8 Å². The number of aliphatic hydroxyl groups excluding tert-OH is 1. The molecule has 4 nitrogen and oxygen atoms in total. The van der Waals surface area contributed by atoms with Crippen molar-refractivity contribution in [2.75, 3.05) is 19.7 Å². The number of fused-ring (bicyclic) bond motifs is 1. The van der Waals surface area contributed by atoms with Gasteiger partial charge in [-0.2, -0.15) is 0 Å². The number of benzene rings is 1. The van der Waals surface area contributed by atoms with Crippen LogP contribution in [0.25, 0.3) is 0 Å². The van der Waals surface area contributed by atoms with E-state index in [4.69, 9.17) is 5.11 Å². The monoisotopic (exact) mass is 276 g/mol. The van der Waals surface area contributed by atoms with Crippen LogP contribution in [-0.4, -0.2) is 30.7 Å². The minimum absolute atomic E-state index is 0.0719. The molecule has 0 radical (unpaired) electrons. The number of nitrogens with one attached hydrogen (secondary N) is 2. The molecule has 110 valence electrons. The minimum Gasteiger partial charge on any atom is -0.396 e. The van der Waals surface area contributed by atoms with Gasteiger partial charge in [0.25, 0.3) is 0 Å². The number of carbonyl (C=O) groups is 1. The summed E-state index contributed by atoms with van der Waals surface area (Å²) in [4.78, 5) is 12.3. The van der Waals surface area contributed by atoms with Gasteiger partial charge in [0.1, 0.15) is 0 Å². The first-order valence-corrected chi connectivity index (χ1v) is 7.50. The van der Waals surface area contributed by atoms with E-state index < -0.39 is 0 Å². The maximum Gasteiger partial charge on any atom is 0.228 e. The summed E-state index contributed by atoms with van der Waals surface area (Å²) in [5.41, 5.74) is 2.38. The third kappa shape index (κ3) is 4.05. The fraction of sp³-hybridized carbons (Fsp3) is 0.562. The van der Waals surface area contributed by atoms with Gasteiger partial charge >= 0.3 is 0 Å². The zero-order valence-corrected chi connectivity index (χ0v) is 11.9. The highest BCUT2D eigenvalue weighted by Crippen LogP contribution is 2.23. The Bertz CT molecular complexity index is 434. The van der Waals surface area contributed by atoms with Crippen LogP contribution < -0.4 is 10.6 Å². The van der Waals surface area contributed by atoms with E-state index in [0.717, 1.165) is 44.3 Å². The van der Waals surface area contributed by atoms with Gasteiger partial charge in [0.15, 0.2) is 0 Å². The molecular formula is C16H24N2O2. The lowest BCUT2D eigenvalue weighted by molar-refractivity contribution is -0.122. The van der Waals surface area contributed by atoms with Gasteiger partial charge in [-0.05, 0) is 24.0 Å². The molecule has 20 heavy (non-hydrogen) atoms. The van der Waals surface area contributed by atoms with Gasteiger partial charge in [-0.3, -0.25) is 4.79 Å². The summed E-state index contributed by atoms with van der Waals surface area (Å²) in [6, 6.07) is 8.15. The second-order valence-corrected chi connectivity index (χ2v) is 5.31. The van der Waals surface area contributed by atoms with Gasteiger partial charge in [0, 0.05) is 26.2 Å². The zero-order chi connectivity index (χ0) is 14.2. The van der Waals surface area contributed by atoms with Gasteiger partial charge in [-0.1, -0.05) is 37.1 Å². The van der Waals surface area contributed by atoms with E-state index in [1.54, 1.807) is 0 Å². The van der Waals surface area contributed by atoms with E-state index in [0.29, 0.717) is 6.54 Å². The first kappa shape index (κ1) is 15.0. The number of hydrogen-bond donors (Lipinski definition) is 3. The average molecular weight is 276 g/mol. The van der Waals surface area contributed by atoms with Crippen LogP contribution >= 0.6 is 0 Å². The molecule has 1 aliphatic heterocycles. The molecule has 1 unspecified atom stereocenters. The maximum atomic E-state index is 12.3. The Balaban J connectivity index is 1.79. The van der Waals surface area contributed by atoms with E-state index in [9.17, 15) is 4.79 Å². The van der Waals surface area contributed by atoms with Gasteiger partial charge in [-0.15, -0.1) is 0 Å². The normalized spacial score (nSPS) is 17.6. The van der Waals surface area contributed by atoms with Crippen molar-refractivity contribution >= 4 is 5.91 Å². The molecule has 1 aromatic carbocycles. The van der Waals surface area contributed by atoms with Crippen molar-refractivity contribution in [1.29, 1.82) is 0 Å². The Labute approximate surface area is 120 Å².